The van der Waals surface area contributed by atoms with E-state index in [1.165, 1.54) is 14.6 Å². The third kappa shape index (κ3) is 4.67. The van der Waals surface area contributed by atoms with Crippen LogP contribution in [-0.4, -0.2) is 97.9 Å². The Bertz CT molecular complexity index is 949. The van der Waals surface area contributed by atoms with Gasteiger partial charge in [0.05, 0.1) is 6.67 Å². The van der Waals surface area contributed by atoms with Crippen molar-refractivity contribution in [3.05, 3.63) is 41.3 Å². The summed E-state index contributed by atoms with van der Waals surface area (Å²) in [5, 5.41) is 4.15. The summed E-state index contributed by atoms with van der Waals surface area (Å²) in [5.41, 5.74) is 0.0443. The maximum Gasteiger partial charge on any atom is 0.326 e. The molecule has 168 valence electrons. The van der Waals surface area contributed by atoms with Crippen LogP contribution in [0.4, 0.5) is 4.79 Å². The van der Waals surface area contributed by atoms with Crippen molar-refractivity contribution in [2.24, 2.45) is 0 Å². The predicted octanol–water partition coefficient (Wildman–Crippen LogP) is 0.578. The third-order valence-corrected chi connectivity index (χ3v) is 7.92. The highest BCUT2D eigenvalue weighted by molar-refractivity contribution is 7.92. The molecule has 3 fully saturated rings. The maximum atomic E-state index is 13.0. The van der Waals surface area contributed by atoms with Crippen LogP contribution in [0.5, 0.6) is 0 Å². The Hall–Kier alpha value is -2.27. The van der Waals surface area contributed by atoms with Gasteiger partial charge in [0, 0.05) is 44.7 Å². The summed E-state index contributed by atoms with van der Waals surface area (Å²) in [6, 6.07) is 8.94. The monoisotopic (exact) mass is 447 g/mol. The van der Waals surface area contributed by atoms with E-state index in [-0.39, 0.29) is 18.6 Å². The number of benzene rings is 1. The number of hydrogen-bond acceptors (Lipinski definition) is 6. The third-order valence-electron chi connectivity index (χ3n) is 6.35. The first-order valence-electron chi connectivity index (χ1n) is 10.6. The van der Waals surface area contributed by atoms with Gasteiger partial charge < -0.3 is 10.2 Å². The second kappa shape index (κ2) is 8.70. The average molecular weight is 448 g/mol. The molecule has 4 rings (SSSR count). The first-order valence-corrected chi connectivity index (χ1v) is 12.1. The van der Waals surface area contributed by atoms with Gasteiger partial charge in [-0.15, -0.1) is 0 Å². The van der Waals surface area contributed by atoms with Crippen LogP contribution in [0, 0.1) is 0 Å². The highest BCUT2D eigenvalue weighted by Gasteiger charge is 2.52. The van der Waals surface area contributed by atoms with E-state index in [1.807, 2.05) is 42.3 Å². The van der Waals surface area contributed by atoms with Crippen LogP contribution in [0.3, 0.4) is 0 Å². The van der Waals surface area contributed by atoms with Crippen LogP contribution < -0.4 is 5.32 Å². The van der Waals surface area contributed by atoms with E-state index >= 15 is 0 Å². The second-order valence-corrected chi connectivity index (χ2v) is 10.3. The predicted molar refractivity (Wildman–Crippen MR) is 117 cm³/mol. The van der Waals surface area contributed by atoms with Gasteiger partial charge in [-0.2, -0.15) is 4.31 Å². The number of nitrogens with one attached hydrogen (secondary N) is 1. The largest absolute Gasteiger partial charge is 0.326 e. The molecule has 1 aromatic rings. The number of nitrogens with zero attached hydrogens (tertiary/aromatic N) is 4. The highest BCUT2D eigenvalue weighted by Crippen LogP contribution is 2.29. The Balaban J connectivity index is 1.32. The minimum atomic E-state index is -3.52. The Kier molecular flexibility index (Phi) is 6.16. The van der Waals surface area contributed by atoms with Crippen LogP contribution in [-0.2, 0) is 14.8 Å². The summed E-state index contributed by atoms with van der Waals surface area (Å²) in [7, 11) is -1.51. The summed E-state index contributed by atoms with van der Waals surface area (Å²) >= 11 is 0. The van der Waals surface area contributed by atoms with Crippen LogP contribution in [0.1, 0.15) is 18.4 Å². The standard InChI is InChI=1S/C21H29N5O4S/c1-23-10-8-21(9-11-23)19(27)26(20(28)22-21)17-24-12-14-25(15-13-24)31(29,30)16-7-18-5-3-2-4-6-18/h2-7,16H,8-15,17H2,1H3,(H,22,28)/b16-7+. The van der Waals surface area contributed by atoms with Crippen molar-refractivity contribution in [1.82, 2.24) is 24.3 Å². The van der Waals surface area contributed by atoms with Gasteiger partial charge in [0.2, 0.25) is 10.0 Å². The molecule has 0 saturated carbocycles. The molecule has 0 atom stereocenters. The zero-order chi connectivity index (χ0) is 22.1. The van der Waals surface area contributed by atoms with E-state index in [2.05, 4.69) is 10.2 Å². The number of carbonyl (C=O) groups is 2. The van der Waals surface area contributed by atoms with Gasteiger partial charge in [0.15, 0.2) is 0 Å². The highest BCUT2D eigenvalue weighted by atomic mass is 32.2. The van der Waals surface area contributed by atoms with Gasteiger partial charge in [-0.25, -0.2) is 18.1 Å². The molecule has 0 aromatic heterocycles. The lowest BCUT2D eigenvalue weighted by atomic mass is 9.88. The molecule has 3 saturated heterocycles. The Labute approximate surface area is 183 Å². The van der Waals surface area contributed by atoms with Gasteiger partial charge in [-0.3, -0.25) is 9.69 Å². The molecule has 1 spiro atoms. The minimum absolute atomic E-state index is 0.161. The van der Waals surface area contributed by atoms with Gasteiger partial charge in [-0.1, -0.05) is 30.3 Å². The van der Waals surface area contributed by atoms with E-state index in [4.69, 9.17) is 0 Å². The van der Waals surface area contributed by atoms with E-state index in [0.29, 0.717) is 39.0 Å². The number of piperidine rings is 1. The normalized spacial score (nSPS) is 23.7. The lowest BCUT2D eigenvalue weighted by Gasteiger charge is -2.36. The van der Waals surface area contributed by atoms with Gasteiger partial charge in [-0.05, 0) is 31.5 Å². The summed E-state index contributed by atoms with van der Waals surface area (Å²) in [6.45, 7) is 3.30. The SMILES string of the molecule is CN1CCC2(CC1)NC(=O)N(CN1CCN(S(=O)(=O)/C=C/c3ccccc3)CC1)C2=O. The number of amides is 3. The maximum absolute atomic E-state index is 13.0. The average Bonchev–Trinajstić information content (AvgIpc) is 3.00. The Morgan fingerprint density at radius 3 is 2.29 bits per heavy atom. The molecule has 0 radical (unpaired) electrons. The molecule has 0 aliphatic carbocycles. The molecule has 1 aromatic carbocycles. The molecule has 0 unspecified atom stereocenters. The van der Waals surface area contributed by atoms with Crippen molar-refractivity contribution < 1.29 is 18.0 Å². The van der Waals surface area contributed by atoms with Crippen molar-refractivity contribution in [2.75, 3.05) is 53.0 Å². The van der Waals surface area contributed by atoms with E-state index in [0.717, 1.165) is 18.7 Å². The van der Waals surface area contributed by atoms with Crippen LogP contribution in [0.15, 0.2) is 35.7 Å². The fourth-order valence-corrected chi connectivity index (χ4v) is 5.46. The van der Waals surface area contributed by atoms with E-state index in [1.54, 1.807) is 6.08 Å². The van der Waals surface area contributed by atoms with Crippen molar-refractivity contribution in [2.45, 2.75) is 18.4 Å². The number of likely N-dealkylation sites (tertiary alicyclic amines) is 1. The number of urea groups is 1. The van der Waals surface area contributed by atoms with Crippen LogP contribution in [0.25, 0.3) is 6.08 Å². The summed E-state index contributed by atoms with van der Waals surface area (Å²) in [4.78, 5) is 30.9. The van der Waals surface area contributed by atoms with Crippen molar-refractivity contribution in [3.63, 3.8) is 0 Å². The van der Waals surface area contributed by atoms with E-state index < -0.39 is 15.6 Å². The Morgan fingerprint density at radius 2 is 1.65 bits per heavy atom. The molecule has 3 aliphatic heterocycles. The molecule has 3 heterocycles. The minimum Gasteiger partial charge on any atom is -0.323 e. The number of sulfonamides is 1. The van der Waals surface area contributed by atoms with E-state index in [9.17, 15) is 18.0 Å². The molecule has 9 nitrogen and oxygen atoms in total. The van der Waals surface area contributed by atoms with Gasteiger partial charge >= 0.3 is 6.03 Å². The summed E-state index contributed by atoms with van der Waals surface area (Å²) < 4.78 is 26.7. The van der Waals surface area contributed by atoms with Crippen LogP contribution >= 0.6 is 0 Å². The zero-order valence-electron chi connectivity index (χ0n) is 17.7. The molecular weight excluding hydrogens is 418 g/mol. The topological polar surface area (TPSA) is 93.3 Å². The van der Waals surface area contributed by atoms with Crippen molar-refractivity contribution in [3.8, 4) is 0 Å². The lowest BCUT2D eigenvalue weighted by molar-refractivity contribution is -0.134. The van der Waals surface area contributed by atoms with Crippen molar-refractivity contribution >= 4 is 28.0 Å². The molecule has 1 N–H and O–H groups in total. The fourth-order valence-electron chi connectivity index (χ4n) is 4.28. The van der Waals surface area contributed by atoms with Crippen LogP contribution in [0.2, 0.25) is 0 Å². The number of carbonyl (C=O) groups excluding carboxylic acids is 2. The second-order valence-electron chi connectivity index (χ2n) is 8.47. The van der Waals surface area contributed by atoms with Gasteiger partial charge in [0.1, 0.15) is 5.54 Å². The number of rotatable bonds is 5. The molecular formula is C21H29N5O4S. The smallest absolute Gasteiger partial charge is 0.323 e. The molecule has 10 heteroatoms. The molecule has 0 bridgehead atoms. The zero-order valence-corrected chi connectivity index (χ0v) is 18.6. The lowest BCUT2D eigenvalue weighted by Crippen LogP contribution is -2.55. The molecule has 31 heavy (non-hydrogen) atoms. The number of piperazine rings is 1. The molecule has 3 amide bonds. The first kappa shape index (κ1) is 21.9. The number of hydrogen-bond donors (Lipinski definition) is 1. The van der Waals surface area contributed by atoms with Crippen molar-refractivity contribution in [1.29, 1.82) is 0 Å². The summed E-state index contributed by atoms with van der Waals surface area (Å²) in [6.07, 6.45) is 2.82. The fraction of sp³-hybridized carbons (Fsp3) is 0.524. The van der Waals surface area contributed by atoms with Gasteiger partial charge in [0.25, 0.3) is 5.91 Å². The Morgan fingerprint density at radius 1 is 1.00 bits per heavy atom. The quantitative estimate of drug-likeness (QED) is 0.664. The molecule has 3 aliphatic rings. The summed E-state index contributed by atoms with van der Waals surface area (Å²) in [5.74, 6) is -0.161. The number of imide groups is 1. The first-order chi connectivity index (χ1) is 14.8.